The topological polar surface area (TPSA) is 90.5 Å². The number of rotatable bonds is 3. The summed E-state index contributed by atoms with van der Waals surface area (Å²) in [5.74, 6) is 1.04. The third-order valence-electron chi connectivity index (χ3n) is 4.10. The van der Waals surface area contributed by atoms with Gasteiger partial charge in [-0.05, 0) is 24.3 Å². The van der Waals surface area contributed by atoms with E-state index >= 15 is 0 Å². The second-order valence-corrected chi connectivity index (χ2v) is 5.74. The molecular formula is C17H18O7. The molecule has 0 spiro atoms. The molecule has 2 N–H and O–H groups in total. The minimum absolute atomic E-state index is 0.189. The minimum atomic E-state index is -1.25. The summed E-state index contributed by atoms with van der Waals surface area (Å²) in [7, 11) is 0. The number of aliphatic hydroxyl groups is 2. The highest BCUT2D eigenvalue weighted by Gasteiger charge is 2.50. The van der Waals surface area contributed by atoms with Crippen LogP contribution >= 0.6 is 0 Å². The van der Waals surface area contributed by atoms with Crippen molar-refractivity contribution in [3.8, 4) is 5.75 Å². The van der Waals surface area contributed by atoms with Crippen LogP contribution in [0.4, 0.5) is 0 Å². The summed E-state index contributed by atoms with van der Waals surface area (Å²) >= 11 is 0. The molecule has 1 aromatic heterocycles. The van der Waals surface area contributed by atoms with E-state index in [2.05, 4.69) is 0 Å². The molecule has 2 aromatic rings. The monoisotopic (exact) mass is 334 g/mol. The molecule has 6 atom stereocenters. The van der Waals surface area contributed by atoms with Gasteiger partial charge in [0.05, 0.1) is 12.9 Å². The third kappa shape index (κ3) is 2.92. The fourth-order valence-electron chi connectivity index (χ4n) is 2.88. The highest BCUT2D eigenvalue weighted by Crippen LogP contribution is 2.34. The number of para-hydroxylation sites is 1. The summed E-state index contributed by atoms with van der Waals surface area (Å²) in [5, 5.41) is 20.7. The van der Waals surface area contributed by atoms with E-state index in [0.717, 1.165) is 0 Å². The van der Waals surface area contributed by atoms with E-state index in [1.807, 2.05) is 18.2 Å². The molecule has 4 rings (SSSR count). The summed E-state index contributed by atoms with van der Waals surface area (Å²) in [4.78, 5) is 0. The van der Waals surface area contributed by atoms with Gasteiger partial charge in [0.15, 0.2) is 5.76 Å². The summed E-state index contributed by atoms with van der Waals surface area (Å²) in [5.41, 5.74) is 0. The molecular weight excluding hydrogens is 316 g/mol. The van der Waals surface area contributed by atoms with E-state index in [9.17, 15) is 10.2 Å². The third-order valence-corrected chi connectivity index (χ3v) is 4.10. The van der Waals surface area contributed by atoms with Gasteiger partial charge in [0, 0.05) is 0 Å². The molecule has 2 aliphatic heterocycles. The highest BCUT2D eigenvalue weighted by molar-refractivity contribution is 5.21. The largest absolute Gasteiger partial charge is 0.464 e. The van der Waals surface area contributed by atoms with Crippen molar-refractivity contribution in [2.75, 3.05) is 6.61 Å². The first kappa shape index (κ1) is 15.6. The summed E-state index contributed by atoms with van der Waals surface area (Å²) in [6.07, 6.45) is -3.93. The van der Waals surface area contributed by atoms with Crippen molar-refractivity contribution in [2.45, 2.75) is 37.0 Å². The number of fused-ring (bicyclic) bond motifs is 1. The molecule has 0 radical (unpaired) electrons. The van der Waals surface area contributed by atoms with E-state index in [1.54, 1.807) is 24.3 Å². The highest BCUT2D eigenvalue weighted by atomic mass is 16.8. The average molecular weight is 334 g/mol. The van der Waals surface area contributed by atoms with Gasteiger partial charge in [-0.2, -0.15) is 0 Å². The molecule has 2 saturated heterocycles. The zero-order valence-electron chi connectivity index (χ0n) is 12.7. The van der Waals surface area contributed by atoms with E-state index < -0.39 is 37.0 Å². The van der Waals surface area contributed by atoms with Crippen molar-refractivity contribution in [3.63, 3.8) is 0 Å². The molecule has 3 heterocycles. The Balaban J connectivity index is 1.46. The fraction of sp³-hybridized carbons (Fsp3) is 0.412. The SMILES string of the molecule is OC1C(Oc2ccccc2)OC2COC(c3ccco3)OC2C1O. The predicted molar refractivity (Wildman–Crippen MR) is 80.0 cm³/mol. The van der Waals surface area contributed by atoms with Gasteiger partial charge in [0.25, 0.3) is 0 Å². The normalized spacial score (nSPS) is 36.1. The van der Waals surface area contributed by atoms with Crippen LogP contribution in [0.25, 0.3) is 0 Å². The molecule has 7 nitrogen and oxygen atoms in total. The zero-order chi connectivity index (χ0) is 16.5. The van der Waals surface area contributed by atoms with Gasteiger partial charge in [0.2, 0.25) is 12.6 Å². The molecule has 1 aromatic carbocycles. The van der Waals surface area contributed by atoms with Crippen LogP contribution in [0.3, 0.4) is 0 Å². The molecule has 128 valence electrons. The molecule has 2 aliphatic rings. The molecule has 0 amide bonds. The van der Waals surface area contributed by atoms with Gasteiger partial charge in [-0.15, -0.1) is 0 Å². The smallest absolute Gasteiger partial charge is 0.229 e. The van der Waals surface area contributed by atoms with Gasteiger partial charge in [-0.25, -0.2) is 0 Å². The second kappa shape index (κ2) is 6.54. The fourth-order valence-corrected chi connectivity index (χ4v) is 2.88. The first-order valence-electron chi connectivity index (χ1n) is 7.76. The van der Waals surface area contributed by atoms with Gasteiger partial charge >= 0.3 is 0 Å². The van der Waals surface area contributed by atoms with Crippen molar-refractivity contribution < 1.29 is 33.6 Å². The van der Waals surface area contributed by atoms with Crippen molar-refractivity contribution in [3.05, 3.63) is 54.5 Å². The van der Waals surface area contributed by atoms with Crippen LogP contribution in [-0.2, 0) is 14.2 Å². The number of aliphatic hydroxyl groups excluding tert-OH is 2. The first-order chi connectivity index (χ1) is 11.7. The molecule has 24 heavy (non-hydrogen) atoms. The van der Waals surface area contributed by atoms with Gasteiger partial charge in [-0.3, -0.25) is 0 Å². The molecule has 7 heteroatoms. The lowest BCUT2D eigenvalue weighted by molar-refractivity contribution is -0.352. The Morgan fingerprint density at radius 2 is 1.79 bits per heavy atom. The number of ether oxygens (including phenoxy) is 4. The van der Waals surface area contributed by atoms with Crippen LogP contribution in [-0.4, -0.2) is 47.5 Å². The Hall–Kier alpha value is -1.90. The summed E-state index contributed by atoms with van der Waals surface area (Å²) in [6.45, 7) is 0.189. The lowest BCUT2D eigenvalue weighted by atomic mass is 9.98. The van der Waals surface area contributed by atoms with Crippen LogP contribution in [0.5, 0.6) is 5.75 Å². The maximum atomic E-state index is 10.4. The first-order valence-corrected chi connectivity index (χ1v) is 7.76. The number of furan rings is 1. The maximum Gasteiger partial charge on any atom is 0.229 e. The van der Waals surface area contributed by atoms with Crippen molar-refractivity contribution in [1.82, 2.24) is 0 Å². The predicted octanol–water partition coefficient (Wildman–Crippen LogP) is 1.22. The standard InChI is InChI=1S/C17H18O7/c18-13-14(19)17(22-10-5-2-1-3-6-10)23-12-9-21-16(24-15(12)13)11-7-4-8-20-11/h1-8,12-19H,9H2. The maximum absolute atomic E-state index is 10.4. The van der Waals surface area contributed by atoms with Crippen LogP contribution < -0.4 is 4.74 Å². The summed E-state index contributed by atoms with van der Waals surface area (Å²) < 4.78 is 27.9. The lowest BCUT2D eigenvalue weighted by Gasteiger charge is -2.45. The molecule has 2 fully saturated rings. The van der Waals surface area contributed by atoms with Crippen molar-refractivity contribution >= 4 is 0 Å². The number of hydrogen-bond acceptors (Lipinski definition) is 7. The Morgan fingerprint density at radius 1 is 0.958 bits per heavy atom. The van der Waals surface area contributed by atoms with Crippen LogP contribution in [0.15, 0.2) is 53.1 Å². The average Bonchev–Trinajstić information content (AvgIpc) is 3.15. The van der Waals surface area contributed by atoms with Crippen molar-refractivity contribution in [1.29, 1.82) is 0 Å². The zero-order valence-corrected chi connectivity index (χ0v) is 12.7. The van der Waals surface area contributed by atoms with E-state index in [0.29, 0.717) is 11.5 Å². The molecule has 0 aliphatic carbocycles. The lowest BCUT2D eigenvalue weighted by Crippen LogP contribution is -2.62. The molecule has 6 unspecified atom stereocenters. The molecule has 0 bridgehead atoms. The van der Waals surface area contributed by atoms with Gasteiger partial charge in [0.1, 0.15) is 30.2 Å². The quantitative estimate of drug-likeness (QED) is 0.872. The van der Waals surface area contributed by atoms with Gasteiger partial charge in [-0.1, -0.05) is 18.2 Å². The Bertz CT molecular complexity index is 642. The Kier molecular flexibility index (Phi) is 4.26. The second-order valence-electron chi connectivity index (χ2n) is 5.74. The van der Waals surface area contributed by atoms with E-state index in [4.69, 9.17) is 23.4 Å². The van der Waals surface area contributed by atoms with E-state index in [-0.39, 0.29) is 6.61 Å². The summed E-state index contributed by atoms with van der Waals surface area (Å²) in [6, 6.07) is 12.4. The number of hydrogen-bond donors (Lipinski definition) is 2. The Labute approximate surface area is 138 Å². The molecule has 0 saturated carbocycles. The van der Waals surface area contributed by atoms with E-state index in [1.165, 1.54) is 6.26 Å². The number of benzene rings is 1. The Morgan fingerprint density at radius 3 is 2.54 bits per heavy atom. The van der Waals surface area contributed by atoms with Crippen LogP contribution in [0, 0.1) is 0 Å². The minimum Gasteiger partial charge on any atom is -0.464 e. The van der Waals surface area contributed by atoms with Crippen LogP contribution in [0.2, 0.25) is 0 Å². The van der Waals surface area contributed by atoms with Crippen molar-refractivity contribution in [2.24, 2.45) is 0 Å². The van der Waals surface area contributed by atoms with Crippen LogP contribution in [0.1, 0.15) is 12.1 Å². The van der Waals surface area contributed by atoms with Gasteiger partial charge < -0.3 is 33.6 Å².